The van der Waals surface area contributed by atoms with Crippen LogP contribution in [0.25, 0.3) is 22.6 Å². The van der Waals surface area contributed by atoms with Crippen LogP contribution in [-0.2, 0) is 7.05 Å². The van der Waals surface area contributed by atoms with Crippen LogP contribution >= 0.6 is 0 Å². The predicted octanol–water partition coefficient (Wildman–Crippen LogP) is 2.64. The van der Waals surface area contributed by atoms with Gasteiger partial charge in [0.1, 0.15) is 5.69 Å². The minimum atomic E-state index is 0.518. The summed E-state index contributed by atoms with van der Waals surface area (Å²) in [5.41, 5.74) is 3.49. The van der Waals surface area contributed by atoms with Crippen molar-refractivity contribution in [3.63, 3.8) is 0 Å². The van der Waals surface area contributed by atoms with Crippen molar-refractivity contribution in [2.75, 3.05) is 0 Å². The Balaban J connectivity index is 1.99. The predicted molar refractivity (Wildman–Crippen MR) is 74.9 cm³/mol. The summed E-state index contributed by atoms with van der Waals surface area (Å²) in [4.78, 5) is 9.11. The van der Waals surface area contributed by atoms with Gasteiger partial charge in [-0.2, -0.15) is 5.26 Å². The summed E-state index contributed by atoms with van der Waals surface area (Å²) < 4.78 is 4.19. The maximum atomic E-state index is 9.01. The molecule has 0 saturated heterocycles. The topological polar surface area (TPSA) is 59.4 Å². The number of aryl methyl sites for hydroxylation is 1. The first-order chi connectivity index (χ1) is 9.76. The van der Waals surface area contributed by atoms with Crippen LogP contribution in [0.4, 0.5) is 0 Å². The van der Waals surface area contributed by atoms with Crippen LogP contribution in [0.5, 0.6) is 0 Å². The number of rotatable bonds is 2. The number of nitriles is 1. The van der Waals surface area contributed by atoms with Gasteiger partial charge in [-0.3, -0.25) is 0 Å². The van der Waals surface area contributed by atoms with E-state index in [0.717, 1.165) is 22.6 Å². The number of nitrogens with zero attached hydrogens (tertiary/aromatic N) is 5. The maximum Gasteiger partial charge on any atom is 0.161 e. The fourth-order valence-corrected chi connectivity index (χ4v) is 2.58. The van der Waals surface area contributed by atoms with Gasteiger partial charge in [-0.25, -0.2) is 9.97 Å². The van der Waals surface area contributed by atoms with E-state index < -0.39 is 0 Å². The van der Waals surface area contributed by atoms with Gasteiger partial charge in [-0.1, -0.05) is 0 Å². The standard InChI is InChI=1S/C15H13N5/c1-19-8-13(17-9-19)15-18-12-6-10(7-16)2-5-14(12)20(15)11-3-4-11/h2,5-6,8-9,11H,3-4H2,1H3. The Kier molecular flexibility index (Phi) is 2.21. The molecule has 0 N–H and O–H groups in total. The van der Waals surface area contributed by atoms with E-state index in [0.29, 0.717) is 11.6 Å². The normalized spacial score (nSPS) is 14.6. The first-order valence-electron chi connectivity index (χ1n) is 6.66. The molecule has 98 valence electrons. The molecule has 3 aromatic rings. The summed E-state index contributed by atoms with van der Waals surface area (Å²) >= 11 is 0. The van der Waals surface area contributed by atoms with Crippen LogP contribution in [0.3, 0.4) is 0 Å². The summed E-state index contributed by atoms with van der Waals surface area (Å²) in [5, 5.41) is 9.01. The molecule has 1 aliphatic rings. The molecule has 0 radical (unpaired) electrons. The molecule has 0 bridgehead atoms. The summed E-state index contributed by atoms with van der Waals surface area (Å²) in [5.74, 6) is 0.901. The Morgan fingerprint density at radius 3 is 2.85 bits per heavy atom. The van der Waals surface area contributed by atoms with Crippen LogP contribution in [0.15, 0.2) is 30.7 Å². The molecular formula is C15H13N5. The fraction of sp³-hybridized carbons (Fsp3) is 0.267. The Bertz CT molecular complexity index is 845. The number of hydrogen-bond donors (Lipinski definition) is 0. The summed E-state index contributed by atoms with van der Waals surface area (Å²) in [6, 6.07) is 8.38. The van der Waals surface area contributed by atoms with Gasteiger partial charge in [-0.15, -0.1) is 0 Å². The van der Waals surface area contributed by atoms with Gasteiger partial charge in [0.15, 0.2) is 5.82 Å². The molecule has 1 saturated carbocycles. The number of fused-ring (bicyclic) bond motifs is 1. The molecule has 0 spiro atoms. The van der Waals surface area contributed by atoms with Crippen molar-refractivity contribution in [2.45, 2.75) is 18.9 Å². The monoisotopic (exact) mass is 263 g/mol. The van der Waals surface area contributed by atoms with E-state index in [1.54, 1.807) is 6.33 Å². The highest BCUT2D eigenvalue weighted by Crippen LogP contribution is 2.41. The van der Waals surface area contributed by atoms with Crippen LogP contribution in [0.1, 0.15) is 24.4 Å². The van der Waals surface area contributed by atoms with Crippen molar-refractivity contribution in [3.05, 3.63) is 36.3 Å². The Morgan fingerprint density at radius 1 is 1.35 bits per heavy atom. The highest BCUT2D eigenvalue weighted by atomic mass is 15.2. The highest BCUT2D eigenvalue weighted by molar-refractivity contribution is 5.81. The van der Waals surface area contributed by atoms with E-state index in [9.17, 15) is 0 Å². The van der Waals surface area contributed by atoms with Crippen molar-refractivity contribution in [1.82, 2.24) is 19.1 Å². The molecule has 5 heteroatoms. The third-order valence-electron chi connectivity index (χ3n) is 3.66. The lowest BCUT2D eigenvalue weighted by molar-refractivity contribution is 0.773. The van der Waals surface area contributed by atoms with Gasteiger partial charge in [0, 0.05) is 19.3 Å². The Labute approximate surface area is 116 Å². The van der Waals surface area contributed by atoms with E-state index >= 15 is 0 Å². The molecule has 2 heterocycles. The summed E-state index contributed by atoms with van der Waals surface area (Å²) in [6.07, 6.45) is 6.13. The number of aromatic nitrogens is 4. The second kappa shape index (κ2) is 3.94. The second-order valence-electron chi connectivity index (χ2n) is 5.28. The molecule has 20 heavy (non-hydrogen) atoms. The van der Waals surface area contributed by atoms with Crippen molar-refractivity contribution in [1.29, 1.82) is 5.26 Å². The Morgan fingerprint density at radius 2 is 2.20 bits per heavy atom. The van der Waals surface area contributed by atoms with E-state index in [4.69, 9.17) is 10.2 Å². The lowest BCUT2D eigenvalue weighted by atomic mass is 10.2. The van der Waals surface area contributed by atoms with E-state index in [1.165, 1.54) is 12.8 Å². The van der Waals surface area contributed by atoms with Crippen molar-refractivity contribution >= 4 is 11.0 Å². The third kappa shape index (κ3) is 1.62. The van der Waals surface area contributed by atoms with Gasteiger partial charge in [0.25, 0.3) is 0 Å². The van der Waals surface area contributed by atoms with Crippen molar-refractivity contribution in [2.24, 2.45) is 7.05 Å². The fourth-order valence-electron chi connectivity index (χ4n) is 2.58. The number of benzene rings is 1. The lowest BCUT2D eigenvalue weighted by Gasteiger charge is -2.05. The SMILES string of the molecule is Cn1cnc(-c2nc3cc(C#N)ccc3n2C2CC2)c1. The van der Waals surface area contributed by atoms with Gasteiger partial charge >= 0.3 is 0 Å². The zero-order chi connectivity index (χ0) is 13.7. The minimum Gasteiger partial charge on any atom is -0.340 e. The van der Waals surface area contributed by atoms with Gasteiger partial charge in [0.05, 0.1) is 29.0 Å². The molecule has 5 nitrogen and oxygen atoms in total. The first-order valence-corrected chi connectivity index (χ1v) is 6.66. The van der Waals surface area contributed by atoms with Crippen LogP contribution in [0.2, 0.25) is 0 Å². The van der Waals surface area contributed by atoms with E-state index in [1.807, 2.05) is 36.0 Å². The molecule has 1 aromatic carbocycles. The lowest BCUT2D eigenvalue weighted by Crippen LogP contribution is -1.97. The zero-order valence-corrected chi connectivity index (χ0v) is 11.1. The van der Waals surface area contributed by atoms with Gasteiger partial charge in [-0.05, 0) is 31.0 Å². The van der Waals surface area contributed by atoms with Crippen molar-refractivity contribution < 1.29 is 0 Å². The smallest absolute Gasteiger partial charge is 0.161 e. The summed E-state index contributed by atoms with van der Waals surface area (Å²) in [7, 11) is 1.95. The molecule has 0 atom stereocenters. The molecule has 0 aliphatic heterocycles. The largest absolute Gasteiger partial charge is 0.340 e. The minimum absolute atomic E-state index is 0.518. The summed E-state index contributed by atoms with van der Waals surface area (Å²) in [6.45, 7) is 0. The number of imidazole rings is 2. The molecule has 2 aromatic heterocycles. The molecule has 1 aliphatic carbocycles. The zero-order valence-electron chi connectivity index (χ0n) is 11.1. The van der Waals surface area contributed by atoms with E-state index in [2.05, 4.69) is 15.6 Å². The molecule has 1 fully saturated rings. The van der Waals surface area contributed by atoms with Gasteiger partial charge in [0.2, 0.25) is 0 Å². The van der Waals surface area contributed by atoms with Crippen LogP contribution in [0, 0.1) is 11.3 Å². The van der Waals surface area contributed by atoms with Crippen LogP contribution < -0.4 is 0 Å². The molecule has 0 amide bonds. The quantitative estimate of drug-likeness (QED) is 0.714. The van der Waals surface area contributed by atoms with E-state index in [-0.39, 0.29) is 0 Å². The molecule has 0 unspecified atom stereocenters. The first kappa shape index (κ1) is 11.2. The van der Waals surface area contributed by atoms with Crippen molar-refractivity contribution in [3.8, 4) is 17.6 Å². The Hall–Kier alpha value is -2.61. The second-order valence-corrected chi connectivity index (χ2v) is 5.28. The highest BCUT2D eigenvalue weighted by Gasteiger charge is 2.29. The molecular weight excluding hydrogens is 250 g/mol. The van der Waals surface area contributed by atoms with Crippen LogP contribution in [-0.4, -0.2) is 19.1 Å². The number of hydrogen-bond acceptors (Lipinski definition) is 3. The molecule has 4 rings (SSSR count). The average Bonchev–Trinajstić information content (AvgIpc) is 3.09. The maximum absolute atomic E-state index is 9.01. The average molecular weight is 263 g/mol. The third-order valence-corrected chi connectivity index (χ3v) is 3.66. The van der Waals surface area contributed by atoms with Gasteiger partial charge < -0.3 is 9.13 Å².